The Hall–Kier alpha value is -1.57. The van der Waals surface area contributed by atoms with Gasteiger partial charge in [0.15, 0.2) is 0 Å². The maximum absolute atomic E-state index is 12.4. The van der Waals surface area contributed by atoms with E-state index in [4.69, 9.17) is 4.42 Å². The zero-order chi connectivity index (χ0) is 15.6. The first-order valence-electron chi connectivity index (χ1n) is 6.72. The van der Waals surface area contributed by atoms with Gasteiger partial charge >= 0.3 is 0 Å². The predicted molar refractivity (Wildman–Crippen MR) is 80.4 cm³/mol. The van der Waals surface area contributed by atoms with E-state index in [-0.39, 0.29) is 4.90 Å². The number of hydrogen-bond acceptors (Lipinski definition) is 4. The highest BCUT2D eigenvalue weighted by molar-refractivity contribution is 7.89. The van der Waals surface area contributed by atoms with Gasteiger partial charge in [-0.2, -0.15) is 0 Å². The third-order valence-electron chi connectivity index (χ3n) is 3.27. The van der Waals surface area contributed by atoms with Crippen molar-refractivity contribution in [3.63, 3.8) is 0 Å². The van der Waals surface area contributed by atoms with E-state index in [1.54, 1.807) is 29.8 Å². The third kappa shape index (κ3) is 3.55. The molecule has 0 amide bonds. The Labute approximate surface area is 125 Å². The number of furan rings is 1. The van der Waals surface area contributed by atoms with Crippen LogP contribution in [0, 0.1) is 6.92 Å². The Morgan fingerprint density at radius 3 is 2.67 bits per heavy atom. The van der Waals surface area contributed by atoms with Crippen LogP contribution in [0.5, 0.6) is 0 Å². The van der Waals surface area contributed by atoms with Gasteiger partial charge in [-0.15, -0.1) is 0 Å². The lowest BCUT2D eigenvalue weighted by Crippen LogP contribution is -2.26. The number of aromatic nitrogens is 1. The standard InChI is InChI=1S/C14H21N3O3S/c1-10-5-6-14(20-10)11(2)16-21(18,19)13-7-12(8-15-3)17(4)9-13/h5-7,9,11,15-16H,8H2,1-4H3. The van der Waals surface area contributed by atoms with Crippen LogP contribution >= 0.6 is 0 Å². The highest BCUT2D eigenvalue weighted by atomic mass is 32.2. The van der Waals surface area contributed by atoms with Crippen LogP contribution in [0.4, 0.5) is 0 Å². The number of nitrogens with zero attached hydrogens (tertiary/aromatic N) is 1. The summed E-state index contributed by atoms with van der Waals surface area (Å²) in [6.45, 7) is 4.19. The molecule has 2 rings (SSSR count). The summed E-state index contributed by atoms with van der Waals surface area (Å²) in [4.78, 5) is 0.255. The lowest BCUT2D eigenvalue weighted by atomic mass is 10.3. The van der Waals surface area contributed by atoms with Gasteiger partial charge in [0.05, 0.1) is 10.9 Å². The average Bonchev–Trinajstić information content (AvgIpc) is 2.97. The van der Waals surface area contributed by atoms with Crippen molar-refractivity contribution in [1.82, 2.24) is 14.6 Å². The summed E-state index contributed by atoms with van der Waals surface area (Å²) in [5, 5.41) is 3.01. The number of aryl methyl sites for hydroxylation is 2. The molecule has 6 nitrogen and oxygen atoms in total. The monoisotopic (exact) mass is 311 g/mol. The normalized spacial score (nSPS) is 13.5. The van der Waals surface area contributed by atoms with Gasteiger partial charge in [0.2, 0.25) is 10.0 Å². The minimum absolute atomic E-state index is 0.255. The smallest absolute Gasteiger partial charge is 0.242 e. The van der Waals surface area contributed by atoms with E-state index >= 15 is 0 Å². The van der Waals surface area contributed by atoms with E-state index < -0.39 is 16.1 Å². The molecule has 0 saturated heterocycles. The first-order chi connectivity index (χ1) is 9.83. The molecule has 0 spiro atoms. The molecule has 2 aromatic heterocycles. The van der Waals surface area contributed by atoms with Gasteiger partial charge in [-0.3, -0.25) is 0 Å². The molecule has 0 aliphatic rings. The molecule has 0 aromatic carbocycles. The zero-order valence-electron chi connectivity index (χ0n) is 12.7. The zero-order valence-corrected chi connectivity index (χ0v) is 13.5. The van der Waals surface area contributed by atoms with E-state index in [1.165, 1.54) is 0 Å². The van der Waals surface area contributed by atoms with Crippen molar-refractivity contribution in [1.29, 1.82) is 0 Å². The van der Waals surface area contributed by atoms with Crippen molar-refractivity contribution in [2.45, 2.75) is 31.3 Å². The van der Waals surface area contributed by atoms with Crippen LogP contribution in [0.15, 0.2) is 33.7 Å². The Morgan fingerprint density at radius 2 is 2.10 bits per heavy atom. The second kappa shape index (κ2) is 6.05. The van der Waals surface area contributed by atoms with Crippen molar-refractivity contribution < 1.29 is 12.8 Å². The first kappa shape index (κ1) is 15.8. The van der Waals surface area contributed by atoms with Crippen LogP contribution in [0.1, 0.15) is 30.2 Å². The van der Waals surface area contributed by atoms with Crippen molar-refractivity contribution in [3.8, 4) is 0 Å². The molecule has 2 heterocycles. The SMILES string of the molecule is CNCc1cc(S(=O)(=O)NC(C)c2ccc(C)o2)cn1C. The van der Waals surface area contributed by atoms with Crippen molar-refractivity contribution in [3.05, 3.63) is 41.6 Å². The summed E-state index contributed by atoms with van der Waals surface area (Å²) in [5.41, 5.74) is 0.902. The molecule has 1 unspecified atom stereocenters. The van der Waals surface area contributed by atoms with Crippen molar-refractivity contribution >= 4 is 10.0 Å². The molecule has 7 heteroatoms. The molecular weight excluding hydrogens is 290 g/mol. The van der Waals surface area contributed by atoms with Crippen LogP contribution in [0.25, 0.3) is 0 Å². The molecule has 0 aliphatic heterocycles. The lowest BCUT2D eigenvalue weighted by Gasteiger charge is -2.11. The maximum atomic E-state index is 12.4. The summed E-state index contributed by atoms with van der Waals surface area (Å²) in [5.74, 6) is 1.36. The Balaban J connectivity index is 2.20. The van der Waals surface area contributed by atoms with Crippen LogP contribution in [0.3, 0.4) is 0 Å². The molecule has 1 atom stereocenters. The summed E-state index contributed by atoms with van der Waals surface area (Å²) in [6.07, 6.45) is 1.61. The largest absolute Gasteiger partial charge is 0.465 e. The van der Waals surface area contributed by atoms with Crippen molar-refractivity contribution in [2.75, 3.05) is 7.05 Å². The summed E-state index contributed by atoms with van der Waals surface area (Å²) >= 11 is 0. The first-order valence-corrected chi connectivity index (χ1v) is 8.20. The topological polar surface area (TPSA) is 76.3 Å². The second-order valence-electron chi connectivity index (χ2n) is 5.10. The van der Waals surface area contributed by atoms with Gasteiger partial charge in [0.1, 0.15) is 11.5 Å². The van der Waals surface area contributed by atoms with Gasteiger partial charge in [0.25, 0.3) is 0 Å². The molecule has 0 radical (unpaired) electrons. The molecule has 0 aliphatic carbocycles. The predicted octanol–water partition coefficient (Wildman–Crippen LogP) is 1.69. The number of hydrogen-bond donors (Lipinski definition) is 2. The van der Waals surface area contributed by atoms with E-state index in [0.717, 1.165) is 11.5 Å². The molecule has 2 aromatic rings. The van der Waals surface area contributed by atoms with E-state index in [0.29, 0.717) is 12.3 Å². The molecular formula is C14H21N3O3S. The van der Waals surface area contributed by atoms with Crippen LogP contribution in [-0.2, 0) is 23.6 Å². The minimum atomic E-state index is -3.58. The fraction of sp³-hybridized carbons (Fsp3) is 0.429. The van der Waals surface area contributed by atoms with Crippen molar-refractivity contribution in [2.24, 2.45) is 7.05 Å². The fourth-order valence-corrected chi connectivity index (χ4v) is 3.43. The maximum Gasteiger partial charge on any atom is 0.242 e. The Bertz CT molecular complexity index is 716. The molecule has 0 bridgehead atoms. The van der Waals surface area contributed by atoms with Gasteiger partial charge in [-0.05, 0) is 39.1 Å². The minimum Gasteiger partial charge on any atom is -0.465 e. The van der Waals surface area contributed by atoms with E-state index in [1.807, 2.05) is 27.1 Å². The Kier molecular flexibility index (Phi) is 4.55. The number of sulfonamides is 1. The Morgan fingerprint density at radius 1 is 1.38 bits per heavy atom. The highest BCUT2D eigenvalue weighted by Crippen LogP contribution is 2.20. The molecule has 2 N–H and O–H groups in total. The number of nitrogens with one attached hydrogen (secondary N) is 2. The summed E-state index contributed by atoms with van der Waals surface area (Å²) in [7, 11) is 0.0676. The van der Waals surface area contributed by atoms with Crippen LogP contribution < -0.4 is 10.0 Å². The van der Waals surface area contributed by atoms with Crippen LogP contribution in [0.2, 0.25) is 0 Å². The lowest BCUT2D eigenvalue weighted by molar-refractivity contribution is 0.441. The summed E-state index contributed by atoms with van der Waals surface area (Å²) < 4.78 is 34.7. The van der Waals surface area contributed by atoms with E-state index in [2.05, 4.69) is 10.0 Å². The molecule has 116 valence electrons. The number of rotatable bonds is 6. The van der Waals surface area contributed by atoms with E-state index in [9.17, 15) is 8.42 Å². The third-order valence-corrected chi connectivity index (χ3v) is 4.78. The van der Waals surface area contributed by atoms with Gasteiger partial charge < -0.3 is 14.3 Å². The molecule has 21 heavy (non-hydrogen) atoms. The van der Waals surface area contributed by atoms with Gasteiger partial charge in [-0.25, -0.2) is 13.1 Å². The quantitative estimate of drug-likeness (QED) is 0.851. The summed E-state index contributed by atoms with van der Waals surface area (Å²) in [6, 6.07) is 4.84. The average molecular weight is 311 g/mol. The van der Waals surface area contributed by atoms with Crippen LogP contribution in [-0.4, -0.2) is 20.0 Å². The highest BCUT2D eigenvalue weighted by Gasteiger charge is 2.22. The molecule has 0 fully saturated rings. The van der Waals surface area contributed by atoms with Gasteiger partial charge in [0, 0.05) is 25.5 Å². The fourth-order valence-electron chi connectivity index (χ4n) is 2.13. The van der Waals surface area contributed by atoms with Gasteiger partial charge in [-0.1, -0.05) is 0 Å². The molecule has 0 saturated carbocycles. The second-order valence-corrected chi connectivity index (χ2v) is 6.81.